The number of nitrogens with zero attached hydrogens (tertiary/aromatic N) is 1. The monoisotopic (exact) mass is 352 g/mol. The van der Waals surface area contributed by atoms with Crippen molar-refractivity contribution < 1.29 is 23.1 Å². The zero-order valence-electron chi connectivity index (χ0n) is 13.2. The molecule has 3 rings (SSSR count). The Kier molecular flexibility index (Phi) is 4.25. The van der Waals surface area contributed by atoms with Crippen molar-refractivity contribution in [3.05, 3.63) is 29.8 Å². The maximum atomic E-state index is 12.5. The van der Waals surface area contributed by atoms with E-state index in [1.165, 1.54) is 4.31 Å². The Morgan fingerprint density at radius 1 is 1.25 bits per heavy atom. The van der Waals surface area contributed by atoms with Crippen molar-refractivity contribution in [1.82, 2.24) is 5.32 Å². The Labute approximate surface area is 140 Å². The van der Waals surface area contributed by atoms with E-state index < -0.39 is 21.5 Å². The lowest BCUT2D eigenvalue weighted by Crippen LogP contribution is -2.54. The lowest BCUT2D eigenvalue weighted by atomic mass is 9.74. The number of hydrogen-bond donors (Lipinski definition) is 2. The number of anilines is 1. The second kappa shape index (κ2) is 6.08. The van der Waals surface area contributed by atoms with Gasteiger partial charge in [-0.25, -0.2) is 8.42 Å². The quantitative estimate of drug-likeness (QED) is 0.832. The van der Waals surface area contributed by atoms with Crippen LogP contribution in [0.5, 0.6) is 0 Å². The number of carboxylic acid groups (broad SMARTS) is 1. The first-order valence-electron chi connectivity index (χ1n) is 7.96. The maximum Gasteiger partial charge on any atom is 0.305 e. The van der Waals surface area contributed by atoms with Crippen LogP contribution in [-0.2, 0) is 14.8 Å². The van der Waals surface area contributed by atoms with Gasteiger partial charge in [0.2, 0.25) is 10.0 Å². The molecule has 24 heavy (non-hydrogen) atoms. The average molecular weight is 352 g/mol. The van der Waals surface area contributed by atoms with Gasteiger partial charge < -0.3 is 10.4 Å². The van der Waals surface area contributed by atoms with E-state index in [1.807, 2.05) is 0 Å². The molecule has 0 bridgehead atoms. The predicted octanol–water partition coefficient (Wildman–Crippen LogP) is 1.35. The first kappa shape index (κ1) is 16.8. The van der Waals surface area contributed by atoms with Crippen molar-refractivity contribution in [2.45, 2.75) is 37.6 Å². The highest BCUT2D eigenvalue weighted by Crippen LogP contribution is 2.35. The summed E-state index contributed by atoms with van der Waals surface area (Å²) in [6.45, 7) is 0.413. The van der Waals surface area contributed by atoms with E-state index in [9.17, 15) is 18.0 Å². The second-order valence-electron chi connectivity index (χ2n) is 6.45. The minimum absolute atomic E-state index is 0.0983. The van der Waals surface area contributed by atoms with Crippen LogP contribution in [0.1, 0.15) is 42.5 Å². The molecule has 1 heterocycles. The van der Waals surface area contributed by atoms with Crippen molar-refractivity contribution in [2.24, 2.45) is 0 Å². The predicted molar refractivity (Wildman–Crippen MR) is 88.5 cm³/mol. The van der Waals surface area contributed by atoms with Crippen molar-refractivity contribution in [1.29, 1.82) is 0 Å². The summed E-state index contributed by atoms with van der Waals surface area (Å²) in [5.74, 6) is -1.19. The number of carboxylic acids is 1. The van der Waals surface area contributed by atoms with Gasteiger partial charge in [-0.05, 0) is 43.9 Å². The summed E-state index contributed by atoms with van der Waals surface area (Å²) >= 11 is 0. The maximum absolute atomic E-state index is 12.5. The summed E-state index contributed by atoms with van der Waals surface area (Å²) in [5.41, 5.74) is 0.130. The first-order valence-corrected chi connectivity index (χ1v) is 9.57. The van der Waals surface area contributed by atoms with Crippen LogP contribution in [0.15, 0.2) is 24.3 Å². The highest BCUT2D eigenvalue weighted by Gasteiger charge is 2.40. The number of rotatable bonds is 5. The van der Waals surface area contributed by atoms with Gasteiger partial charge in [0, 0.05) is 12.1 Å². The molecule has 8 heteroatoms. The number of carbonyl (C=O) groups is 2. The van der Waals surface area contributed by atoms with Crippen LogP contribution in [0.3, 0.4) is 0 Å². The van der Waals surface area contributed by atoms with Crippen LogP contribution in [0, 0.1) is 0 Å². The van der Waals surface area contributed by atoms with Gasteiger partial charge in [0.05, 0.1) is 23.4 Å². The number of aliphatic carboxylic acids is 1. The highest BCUT2D eigenvalue weighted by atomic mass is 32.2. The van der Waals surface area contributed by atoms with Crippen LogP contribution < -0.4 is 9.62 Å². The number of sulfonamides is 1. The van der Waals surface area contributed by atoms with Crippen LogP contribution in [0.25, 0.3) is 0 Å². The summed E-state index contributed by atoms with van der Waals surface area (Å²) in [6.07, 6.45) is 2.65. The fraction of sp³-hybridized carbons (Fsp3) is 0.500. The molecule has 2 aliphatic rings. The van der Waals surface area contributed by atoms with Crippen molar-refractivity contribution in [3.63, 3.8) is 0 Å². The molecule has 0 atom stereocenters. The molecule has 0 spiro atoms. The zero-order chi connectivity index (χ0) is 17.4. The molecule has 1 aromatic rings. The number of nitrogens with one attached hydrogen (secondary N) is 1. The van der Waals surface area contributed by atoms with Gasteiger partial charge in [-0.2, -0.15) is 0 Å². The Bertz CT molecular complexity index is 770. The molecule has 130 valence electrons. The third kappa shape index (κ3) is 3.24. The normalized spacial score (nSPS) is 21.1. The van der Waals surface area contributed by atoms with Gasteiger partial charge in [0.25, 0.3) is 5.91 Å². The van der Waals surface area contributed by atoms with Crippen molar-refractivity contribution in [2.75, 3.05) is 16.6 Å². The van der Waals surface area contributed by atoms with E-state index >= 15 is 0 Å². The lowest BCUT2D eigenvalue weighted by molar-refractivity contribution is -0.139. The fourth-order valence-electron chi connectivity index (χ4n) is 3.28. The van der Waals surface area contributed by atoms with Gasteiger partial charge in [-0.1, -0.05) is 6.07 Å². The van der Waals surface area contributed by atoms with E-state index in [2.05, 4.69) is 5.32 Å². The summed E-state index contributed by atoms with van der Waals surface area (Å²) in [6, 6.07) is 6.46. The Morgan fingerprint density at radius 2 is 2.00 bits per heavy atom. The van der Waals surface area contributed by atoms with E-state index in [4.69, 9.17) is 5.11 Å². The van der Waals surface area contributed by atoms with Gasteiger partial charge in [0.1, 0.15) is 0 Å². The summed E-state index contributed by atoms with van der Waals surface area (Å²) < 4.78 is 25.3. The minimum atomic E-state index is -3.30. The molecule has 2 N–H and O–H groups in total. The Morgan fingerprint density at radius 3 is 2.54 bits per heavy atom. The van der Waals surface area contributed by atoms with E-state index in [-0.39, 0.29) is 18.1 Å². The first-order chi connectivity index (χ1) is 11.3. The van der Waals surface area contributed by atoms with Gasteiger partial charge in [-0.15, -0.1) is 0 Å². The number of hydrogen-bond acceptors (Lipinski definition) is 4. The Balaban J connectivity index is 1.79. The molecule has 1 aliphatic heterocycles. The molecular weight excluding hydrogens is 332 g/mol. The average Bonchev–Trinajstić information content (AvgIpc) is 2.84. The molecule has 0 radical (unpaired) electrons. The van der Waals surface area contributed by atoms with E-state index in [1.54, 1.807) is 24.3 Å². The van der Waals surface area contributed by atoms with Crippen LogP contribution in [0.4, 0.5) is 5.69 Å². The van der Waals surface area contributed by atoms with Crippen LogP contribution in [0.2, 0.25) is 0 Å². The summed E-state index contributed by atoms with van der Waals surface area (Å²) in [5, 5.41) is 11.8. The standard InChI is InChI=1S/C16H20N2O5S/c19-14(20)11-16(6-2-7-16)17-15(21)12-4-1-5-13(10-12)18-8-3-9-24(18,22)23/h1,4-5,10H,2-3,6-9,11H2,(H,17,21)(H,19,20). The molecule has 1 saturated heterocycles. The summed E-state index contributed by atoms with van der Waals surface area (Å²) in [7, 11) is -3.30. The second-order valence-corrected chi connectivity index (χ2v) is 8.46. The number of benzene rings is 1. The smallest absolute Gasteiger partial charge is 0.305 e. The zero-order valence-corrected chi connectivity index (χ0v) is 14.0. The van der Waals surface area contributed by atoms with Gasteiger partial charge in [-0.3, -0.25) is 13.9 Å². The van der Waals surface area contributed by atoms with E-state index in [0.29, 0.717) is 37.1 Å². The summed E-state index contributed by atoms with van der Waals surface area (Å²) in [4.78, 5) is 23.5. The van der Waals surface area contributed by atoms with Crippen molar-refractivity contribution in [3.8, 4) is 0 Å². The highest BCUT2D eigenvalue weighted by molar-refractivity contribution is 7.93. The van der Waals surface area contributed by atoms with Crippen LogP contribution in [-0.4, -0.2) is 43.2 Å². The van der Waals surface area contributed by atoms with Gasteiger partial charge >= 0.3 is 5.97 Å². The molecule has 2 fully saturated rings. The fourth-order valence-corrected chi connectivity index (χ4v) is 4.84. The van der Waals surface area contributed by atoms with E-state index in [0.717, 1.165) is 6.42 Å². The molecular formula is C16H20N2O5S. The number of amides is 1. The third-order valence-electron chi connectivity index (χ3n) is 4.67. The molecule has 1 aliphatic carbocycles. The molecule has 0 aromatic heterocycles. The SMILES string of the molecule is O=C(O)CC1(NC(=O)c2cccc(N3CCCS3(=O)=O)c2)CCC1. The molecule has 7 nitrogen and oxygen atoms in total. The minimum Gasteiger partial charge on any atom is -0.481 e. The van der Waals surface area contributed by atoms with Crippen molar-refractivity contribution >= 4 is 27.6 Å². The molecule has 1 amide bonds. The lowest BCUT2D eigenvalue weighted by Gasteiger charge is -2.41. The topological polar surface area (TPSA) is 104 Å². The third-order valence-corrected chi connectivity index (χ3v) is 6.54. The Hall–Kier alpha value is -2.09. The molecule has 0 unspecified atom stereocenters. The van der Waals surface area contributed by atoms with Crippen LogP contribution >= 0.6 is 0 Å². The van der Waals surface area contributed by atoms with Gasteiger partial charge in [0.15, 0.2) is 0 Å². The number of carbonyl (C=O) groups excluding carboxylic acids is 1. The largest absolute Gasteiger partial charge is 0.481 e. The molecule has 1 saturated carbocycles. The molecule has 1 aromatic carbocycles.